The van der Waals surface area contributed by atoms with Gasteiger partial charge in [-0.2, -0.15) is 0 Å². The maximum atomic E-state index is 12.4. The molecule has 0 aliphatic heterocycles. The van der Waals surface area contributed by atoms with Crippen molar-refractivity contribution in [2.24, 2.45) is 0 Å². The number of nitrogens with one attached hydrogen (secondary N) is 1. The summed E-state index contributed by atoms with van der Waals surface area (Å²) in [5.41, 5.74) is 2.91. The number of rotatable bonds is 3. The van der Waals surface area contributed by atoms with E-state index in [2.05, 4.69) is 56.4 Å². The molecule has 0 saturated carbocycles. The second-order valence-electron chi connectivity index (χ2n) is 9.54. The molecule has 0 bridgehead atoms. The Morgan fingerprint density at radius 3 is 2.13 bits per heavy atom. The molecule has 0 radical (unpaired) electrons. The van der Waals surface area contributed by atoms with Crippen LogP contribution in [0.3, 0.4) is 0 Å². The fourth-order valence-electron chi connectivity index (χ4n) is 3.47. The Morgan fingerprint density at radius 1 is 0.867 bits per heavy atom. The van der Waals surface area contributed by atoms with Gasteiger partial charge in [-0.3, -0.25) is 5.32 Å². The van der Waals surface area contributed by atoms with Crippen LogP contribution in [-0.2, 0) is 10.2 Å². The Hall–Kier alpha value is -3.01. The van der Waals surface area contributed by atoms with E-state index in [1.807, 2.05) is 45.0 Å². The van der Waals surface area contributed by atoms with E-state index in [1.54, 1.807) is 7.11 Å². The largest absolute Gasteiger partial charge is 0.496 e. The van der Waals surface area contributed by atoms with Gasteiger partial charge in [-0.05, 0) is 60.7 Å². The summed E-state index contributed by atoms with van der Waals surface area (Å²) in [6.07, 6.45) is -0.475. The first kappa shape index (κ1) is 21.7. The van der Waals surface area contributed by atoms with Crippen molar-refractivity contribution in [3.8, 4) is 16.9 Å². The number of hydrogen-bond acceptors (Lipinski definition) is 3. The average Bonchev–Trinajstić information content (AvgIpc) is 2.64. The lowest BCUT2D eigenvalue weighted by Gasteiger charge is -2.26. The smallest absolute Gasteiger partial charge is 0.412 e. The first-order valence-corrected chi connectivity index (χ1v) is 10.2. The van der Waals surface area contributed by atoms with Crippen LogP contribution in [0.15, 0.2) is 54.6 Å². The molecule has 0 atom stereocenters. The topological polar surface area (TPSA) is 47.6 Å². The SMILES string of the molecule is COc1c(-c2ccc3ccccc3c2)cc(NC(=O)OC(C)(C)C)cc1C(C)(C)C. The zero-order chi connectivity index (χ0) is 22.1. The monoisotopic (exact) mass is 405 g/mol. The number of carbonyl (C=O) groups excluding carboxylic acids is 1. The number of ether oxygens (including phenoxy) is 2. The Bertz CT molecular complexity index is 1070. The molecule has 158 valence electrons. The lowest BCUT2D eigenvalue weighted by atomic mass is 9.83. The minimum absolute atomic E-state index is 0.178. The molecule has 3 rings (SSSR count). The number of fused-ring (bicyclic) bond motifs is 1. The summed E-state index contributed by atoms with van der Waals surface area (Å²) in [5.74, 6) is 0.813. The Balaban J connectivity index is 2.15. The van der Waals surface area contributed by atoms with Crippen LogP contribution in [0, 0.1) is 0 Å². The maximum Gasteiger partial charge on any atom is 0.412 e. The van der Waals surface area contributed by atoms with E-state index in [0.29, 0.717) is 5.69 Å². The Labute approximate surface area is 179 Å². The normalized spacial score (nSPS) is 12.0. The van der Waals surface area contributed by atoms with Crippen molar-refractivity contribution in [3.05, 3.63) is 60.2 Å². The van der Waals surface area contributed by atoms with E-state index >= 15 is 0 Å². The fraction of sp³-hybridized carbons (Fsp3) is 0.346. The molecule has 0 unspecified atom stereocenters. The molecule has 0 aliphatic carbocycles. The number of methoxy groups -OCH3 is 1. The van der Waals surface area contributed by atoms with Crippen molar-refractivity contribution in [1.29, 1.82) is 0 Å². The molecule has 0 spiro atoms. The van der Waals surface area contributed by atoms with Gasteiger partial charge in [-0.15, -0.1) is 0 Å². The third-order valence-electron chi connectivity index (χ3n) is 4.81. The highest BCUT2D eigenvalue weighted by Gasteiger charge is 2.24. The second-order valence-corrected chi connectivity index (χ2v) is 9.54. The number of carbonyl (C=O) groups is 1. The van der Waals surface area contributed by atoms with Crippen LogP contribution in [-0.4, -0.2) is 18.8 Å². The third kappa shape index (κ3) is 4.93. The summed E-state index contributed by atoms with van der Waals surface area (Å²) in [4.78, 5) is 12.4. The molecule has 4 heteroatoms. The van der Waals surface area contributed by atoms with Crippen molar-refractivity contribution in [2.45, 2.75) is 52.6 Å². The molecule has 1 amide bonds. The number of anilines is 1. The van der Waals surface area contributed by atoms with Crippen molar-refractivity contribution in [3.63, 3.8) is 0 Å². The van der Waals surface area contributed by atoms with E-state index < -0.39 is 11.7 Å². The summed E-state index contributed by atoms with van der Waals surface area (Å²) in [5, 5.41) is 5.23. The second kappa shape index (κ2) is 8.02. The highest BCUT2D eigenvalue weighted by atomic mass is 16.6. The lowest BCUT2D eigenvalue weighted by Crippen LogP contribution is -2.27. The van der Waals surface area contributed by atoms with E-state index in [4.69, 9.17) is 9.47 Å². The van der Waals surface area contributed by atoms with Gasteiger partial charge in [0.2, 0.25) is 0 Å². The van der Waals surface area contributed by atoms with Crippen LogP contribution in [0.25, 0.3) is 21.9 Å². The molecular weight excluding hydrogens is 374 g/mol. The van der Waals surface area contributed by atoms with Gasteiger partial charge < -0.3 is 9.47 Å². The minimum Gasteiger partial charge on any atom is -0.496 e. The van der Waals surface area contributed by atoms with Gasteiger partial charge in [0.25, 0.3) is 0 Å². The van der Waals surface area contributed by atoms with Crippen molar-refractivity contribution in [2.75, 3.05) is 12.4 Å². The lowest BCUT2D eigenvalue weighted by molar-refractivity contribution is 0.0636. The predicted molar refractivity (Wildman–Crippen MR) is 124 cm³/mol. The molecule has 0 aromatic heterocycles. The Morgan fingerprint density at radius 2 is 1.53 bits per heavy atom. The third-order valence-corrected chi connectivity index (χ3v) is 4.81. The van der Waals surface area contributed by atoms with Gasteiger partial charge in [0.05, 0.1) is 7.11 Å². The molecule has 1 N–H and O–H groups in total. The zero-order valence-corrected chi connectivity index (χ0v) is 18.9. The maximum absolute atomic E-state index is 12.4. The predicted octanol–water partition coefficient (Wildman–Crippen LogP) is 7.16. The first-order valence-electron chi connectivity index (χ1n) is 10.2. The highest BCUT2D eigenvalue weighted by Crippen LogP contribution is 2.42. The standard InChI is InChI=1S/C26H31NO3/c1-25(2,3)22-16-20(27-24(28)30-26(4,5)6)15-21(23(22)29-7)19-13-12-17-10-8-9-11-18(17)14-19/h8-16H,1-7H3,(H,27,28). The molecule has 30 heavy (non-hydrogen) atoms. The highest BCUT2D eigenvalue weighted by molar-refractivity contribution is 5.91. The van der Waals surface area contributed by atoms with Gasteiger partial charge in [-0.25, -0.2) is 4.79 Å². The van der Waals surface area contributed by atoms with Crippen LogP contribution in [0.4, 0.5) is 10.5 Å². The first-order chi connectivity index (χ1) is 14.0. The minimum atomic E-state index is -0.565. The number of benzene rings is 3. The van der Waals surface area contributed by atoms with Crippen LogP contribution >= 0.6 is 0 Å². The van der Waals surface area contributed by atoms with E-state index in [-0.39, 0.29) is 5.41 Å². The van der Waals surface area contributed by atoms with Crippen molar-refractivity contribution < 1.29 is 14.3 Å². The quantitative estimate of drug-likeness (QED) is 0.503. The summed E-state index contributed by atoms with van der Waals surface area (Å²) in [6, 6.07) is 18.5. The molecular formula is C26H31NO3. The van der Waals surface area contributed by atoms with E-state index in [1.165, 1.54) is 5.39 Å². The molecule has 0 saturated heterocycles. The van der Waals surface area contributed by atoms with Gasteiger partial charge in [0.15, 0.2) is 0 Å². The molecule has 0 heterocycles. The molecule has 0 fully saturated rings. The van der Waals surface area contributed by atoms with Crippen LogP contribution in [0.1, 0.15) is 47.1 Å². The summed E-state index contributed by atoms with van der Waals surface area (Å²) >= 11 is 0. The zero-order valence-electron chi connectivity index (χ0n) is 18.9. The van der Waals surface area contributed by atoms with Crippen molar-refractivity contribution >= 4 is 22.6 Å². The number of hydrogen-bond donors (Lipinski definition) is 1. The molecule has 3 aromatic rings. The fourth-order valence-corrected chi connectivity index (χ4v) is 3.47. The van der Waals surface area contributed by atoms with Gasteiger partial charge >= 0.3 is 6.09 Å². The van der Waals surface area contributed by atoms with Crippen molar-refractivity contribution in [1.82, 2.24) is 0 Å². The van der Waals surface area contributed by atoms with Gasteiger partial charge in [-0.1, -0.05) is 57.2 Å². The van der Waals surface area contributed by atoms with E-state index in [0.717, 1.165) is 27.8 Å². The molecule has 0 aliphatic rings. The van der Waals surface area contributed by atoms with Crippen LogP contribution < -0.4 is 10.1 Å². The van der Waals surface area contributed by atoms with Gasteiger partial charge in [0, 0.05) is 16.8 Å². The summed E-state index contributed by atoms with van der Waals surface area (Å²) in [6.45, 7) is 11.9. The summed E-state index contributed by atoms with van der Waals surface area (Å²) < 4.78 is 11.3. The number of amides is 1. The van der Waals surface area contributed by atoms with Crippen LogP contribution in [0.5, 0.6) is 5.75 Å². The van der Waals surface area contributed by atoms with Gasteiger partial charge in [0.1, 0.15) is 11.4 Å². The average molecular weight is 406 g/mol. The van der Waals surface area contributed by atoms with E-state index in [9.17, 15) is 4.79 Å². The van der Waals surface area contributed by atoms with Crippen LogP contribution in [0.2, 0.25) is 0 Å². The molecule has 4 nitrogen and oxygen atoms in total. The molecule has 3 aromatic carbocycles. The Kier molecular flexibility index (Phi) is 5.80. The summed E-state index contributed by atoms with van der Waals surface area (Å²) in [7, 11) is 1.69.